The van der Waals surface area contributed by atoms with Crippen LogP contribution in [0.1, 0.15) is 37.8 Å². The lowest BCUT2D eigenvalue weighted by atomic mass is 10.1. The van der Waals surface area contributed by atoms with Crippen LogP contribution in [0.25, 0.3) is 0 Å². The Hall–Kier alpha value is -1.81. The highest BCUT2D eigenvalue weighted by molar-refractivity contribution is 5.80. The normalized spacial score (nSPS) is 15.3. The second-order valence-corrected chi connectivity index (χ2v) is 5.43. The van der Waals surface area contributed by atoms with E-state index in [9.17, 15) is 0 Å². The number of nitrogens with zero attached hydrogens (tertiary/aromatic N) is 1. The summed E-state index contributed by atoms with van der Waals surface area (Å²) in [7, 11) is 0. The Morgan fingerprint density at radius 1 is 1.14 bits per heavy atom. The average Bonchev–Trinajstić information content (AvgIpc) is 3.05. The minimum Gasteiger partial charge on any atom is -0.377 e. The molecular formula is C18H27N3O. The number of rotatable bonds is 7. The molecule has 0 unspecified atom stereocenters. The summed E-state index contributed by atoms with van der Waals surface area (Å²) in [5.41, 5.74) is 2.42. The zero-order chi connectivity index (χ0) is 15.6. The molecule has 0 aromatic heterocycles. The molecule has 4 heteroatoms. The number of hydrogen-bond donors (Lipinski definition) is 2. The van der Waals surface area contributed by atoms with Gasteiger partial charge in [0.25, 0.3) is 0 Å². The summed E-state index contributed by atoms with van der Waals surface area (Å²) in [6.07, 6.45) is 6.60. The fraction of sp³-hybridized carbons (Fsp3) is 0.500. The Bertz CT molecular complexity index is 486. The van der Waals surface area contributed by atoms with E-state index in [1.165, 1.54) is 11.1 Å². The zero-order valence-electron chi connectivity index (χ0n) is 13.6. The van der Waals surface area contributed by atoms with E-state index in [1.807, 2.05) is 6.92 Å². The first-order valence-corrected chi connectivity index (χ1v) is 8.17. The molecule has 120 valence electrons. The van der Waals surface area contributed by atoms with Crippen molar-refractivity contribution in [1.29, 1.82) is 0 Å². The summed E-state index contributed by atoms with van der Waals surface area (Å²) < 4.78 is 5.41. The van der Waals surface area contributed by atoms with E-state index >= 15 is 0 Å². The van der Waals surface area contributed by atoms with Crippen molar-refractivity contribution in [3.63, 3.8) is 0 Å². The van der Waals surface area contributed by atoms with Crippen molar-refractivity contribution in [2.75, 3.05) is 13.2 Å². The van der Waals surface area contributed by atoms with Crippen LogP contribution in [0.5, 0.6) is 0 Å². The summed E-state index contributed by atoms with van der Waals surface area (Å²) >= 11 is 0. The van der Waals surface area contributed by atoms with Gasteiger partial charge in [0.15, 0.2) is 5.96 Å². The molecule has 1 aromatic rings. The second kappa shape index (κ2) is 9.26. The first-order chi connectivity index (χ1) is 10.8. The number of benzene rings is 1. The van der Waals surface area contributed by atoms with Crippen LogP contribution in [0, 0.1) is 0 Å². The predicted octanol–water partition coefficient (Wildman–Crippen LogP) is 3.00. The number of guanidine groups is 1. The van der Waals surface area contributed by atoms with Gasteiger partial charge in [-0.15, -0.1) is 0 Å². The number of nitrogens with one attached hydrogen (secondary N) is 2. The monoisotopic (exact) mass is 301 g/mol. The van der Waals surface area contributed by atoms with Gasteiger partial charge in [-0.1, -0.05) is 36.4 Å². The molecule has 2 rings (SSSR count). The van der Waals surface area contributed by atoms with Crippen LogP contribution < -0.4 is 10.6 Å². The van der Waals surface area contributed by atoms with Crippen LogP contribution in [-0.2, 0) is 17.9 Å². The molecule has 2 N–H and O–H groups in total. The molecule has 0 heterocycles. The number of aliphatic imine (C=N–C) groups is 1. The van der Waals surface area contributed by atoms with Gasteiger partial charge in [0.1, 0.15) is 0 Å². The molecule has 1 aliphatic rings. The summed E-state index contributed by atoms with van der Waals surface area (Å²) in [5.74, 6) is 0.898. The highest BCUT2D eigenvalue weighted by Gasteiger charge is 2.11. The molecule has 4 nitrogen and oxygen atoms in total. The van der Waals surface area contributed by atoms with Gasteiger partial charge < -0.3 is 15.4 Å². The van der Waals surface area contributed by atoms with Crippen molar-refractivity contribution >= 4 is 5.96 Å². The van der Waals surface area contributed by atoms with E-state index in [0.717, 1.165) is 32.0 Å². The van der Waals surface area contributed by atoms with Crippen LogP contribution in [-0.4, -0.2) is 25.2 Å². The molecule has 0 aliphatic heterocycles. The number of ether oxygens (including phenoxy) is 1. The first-order valence-electron chi connectivity index (χ1n) is 8.17. The molecule has 0 fully saturated rings. The van der Waals surface area contributed by atoms with Gasteiger partial charge >= 0.3 is 0 Å². The van der Waals surface area contributed by atoms with Gasteiger partial charge in [0, 0.05) is 19.2 Å². The van der Waals surface area contributed by atoms with Crippen molar-refractivity contribution in [2.24, 2.45) is 4.99 Å². The van der Waals surface area contributed by atoms with Crippen molar-refractivity contribution in [1.82, 2.24) is 10.6 Å². The molecule has 0 spiro atoms. The zero-order valence-corrected chi connectivity index (χ0v) is 13.6. The summed E-state index contributed by atoms with van der Waals surface area (Å²) in [6.45, 7) is 7.09. The lowest BCUT2D eigenvalue weighted by Crippen LogP contribution is -2.42. The molecule has 0 saturated carbocycles. The molecule has 22 heavy (non-hydrogen) atoms. The molecule has 1 aromatic carbocycles. The molecule has 1 aliphatic carbocycles. The Balaban J connectivity index is 1.88. The summed E-state index contributed by atoms with van der Waals surface area (Å²) in [4.78, 5) is 4.67. The maximum absolute atomic E-state index is 5.41. The molecule has 0 saturated heterocycles. The highest BCUT2D eigenvalue weighted by Crippen LogP contribution is 2.10. The minimum absolute atomic E-state index is 0.478. The summed E-state index contributed by atoms with van der Waals surface area (Å²) in [5, 5.41) is 6.79. The lowest BCUT2D eigenvalue weighted by Gasteiger charge is -2.16. The van der Waals surface area contributed by atoms with E-state index in [1.54, 1.807) is 0 Å². The average molecular weight is 301 g/mol. The van der Waals surface area contributed by atoms with Crippen molar-refractivity contribution in [2.45, 2.75) is 45.9 Å². The van der Waals surface area contributed by atoms with Gasteiger partial charge in [0.05, 0.1) is 13.2 Å². The molecule has 0 atom stereocenters. The topological polar surface area (TPSA) is 45.7 Å². The van der Waals surface area contributed by atoms with Crippen LogP contribution >= 0.6 is 0 Å². The van der Waals surface area contributed by atoms with Crippen molar-refractivity contribution in [3.8, 4) is 0 Å². The third-order valence-corrected chi connectivity index (χ3v) is 3.61. The quantitative estimate of drug-likeness (QED) is 0.462. The van der Waals surface area contributed by atoms with Crippen LogP contribution in [0.3, 0.4) is 0 Å². The van der Waals surface area contributed by atoms with Gasteiger partial charge in [-0.2, -0.15) is 0 Å². The van der Waals surface area contributed by atoms with E-state index < -0.39 is 0 Å². The van der Waals surface area contributed by atoms with Gasteiger partial charge in [-0.3, -0.25) is 0 Å². The van der Waals surface area contributed by atoms with Crippen molar-refractivity contribution in [3.05, 3.63) is 47.5 Å². The van der Waals surface area contributed by atoms with E-state index in [2.05, 4.69) is 59.0 Å². The maximum Gasteiger partial charge on any atom is 0.191 e. The van der Waals surface area contributed by atoms with Crippen LogP contribution in [0.2, 0.25) is 0 Å². The van der Waals surface area contributed by atoms with Crippen LogP contribution in [0.4, 0.5) is 0 Å². The van der Waals surface area contributed by atoms with Crippen molar-refractivity contribution < 1.29 is 4.74 Å². The van der Waals surface area contributed by atoms with Crippen LogP contribution in [0.15, 0.2) is 41.4 Å². The SMILES string of the molecule is CCNC(=NCc1ccc(COCC)cc1)NC1CC=CC1. The van der Waals surface area contributed by atoms with Gasteiger partial charge in [-0.05, 0) is 37.8 Å². The second-order valence-electron chi connectivity index (χ2n) is 5.43. The Morgan fingerprint density at radius 2 is 1.82 bits per heavy atom. The van der Waals surface area contributed by atoms with E-state index in [0.29, 0.717) is 19.2 Å². The molecular weight excluding hydrogens is 274 g/mol. The third kappa shape index (κ3) is 5.53. The fourth-order valence-electron chi connectivity index (χ4n) is 2.38. The predicted molar refractivity (Wildman–Crippen MR) is 91.9 cm³/mol. The van der Waals surface area contributed by atoms with Gasteiger partial charge in [0.2, 0.25) is 0 Å². The lowest BCUT2D eigenvalue weighted by molar-refractivity contribution is 0.134. The fourth-order valence-corrected chi connectivity index (χ4v) is 2.38. The van der Waals surface area contributed by atoms with E-state index in [4.69, 9.17) is 4.74 Å². The standard InChI is InChI=1S/C18H27N3O/c1-3-19-18(21-17-7-5-6-8-17)20-13-15-9-11-16(12-10-15)14-22-4-2/h5-6,9-12,17H,3-4,7-8,13-14H2,1-2H3,(H2,19,20,21). The molecule has 0 radical (unpaired) electrons. The summed E-state index contributed by atoms with van der Waals surface area (Å²) in [6, 6.07) is 8.95. The Labute approximate surface area is 133 Å². The molecule has 0 bridgehead atoms. The van der Waals surface area contributed by atoms with E-state index in [-0.39, 0.29) is 0 Å². The Kier molecular flexibility index (Phi) is 6.97. The Morgan fingerprint density at radius 3 is 2.45 bits per heavy atom. The highest BCUT2D eigenvalue weighted by atomic mass is 16.5. The molecule has 0 amide bonds. The smallest absolute Gasteiger partial charge is 0.191 e. The minimum atomic E-state index is 0.478. The van der Waals surface area contributed by atoms with Gasteiger partial charge in [-0.25, -0.2) is 4.99 Å². The largest absolute Gasteiger partial charge is 0.377 e. The first kappa shape index (κ1) is 16.6. The number of hydrogen-bond acceptors (Lipinski definition) is 2. The maximum atomic E-state index is 5.41. The third-order valence-electron chi connectivity index (χ3n) is 3.61.